The molecule has 0 heterocycles. The second-order valence-corrected chi connectivity index (χ2v) is 5.97. The molecule has 0 radical (unpaired) electrons. The molecule has 0 rings (SSSR count). The molecule has 0 saturated heterocycles. The van der Waals surface area contributed by atoms with Gasteiger partial charge in [-0.3, -0.25) is 0 Å². The number of hydrogen-bond acceptors (Lipinski definition) is 4. The molecule has 0 fully saturated rings. The Morgan fingerprint density at radius 3 is 1.09 bits per heavy atom. The van der Waals surface area contributed by atoms with Crippen LogP contribution in [0.25, 0.3) is 0 Å². The van der Waals surface area contributed by atoms with Crippen molar-refractivity contribution in [1.29, 1.82) is 21.0 Å². The second kappa shape index (κ2) is 22.0. The molecular weight excluding hydrogens is 369 g/mol. The summed E-state index contributed by atoms with van der Waals surface area (Å²) in [5.41, 5.74) is 0. The van der Waals surface area contributed by atoms with E-state index in [0.717, 1.165) is 18.5 Å². The fourth-order valence-corrected chi connectivity index (χ4v) is 2.88. The number of rotatable bonds is 6. The molecule has 0 saturated carbocycles. The summed E-state index contributed by atoms with van der Waals surface area (Å²) >= 11 is 0. The molecule has 11 heteroatoms. The molecule has 22 heavy (non-hydrogen) atoms. The van der Waals surface area contributed by atoms with Crippen LogP contribution in [-0.4, -0.2) is 25.7 Å². The molecule has 0 unspecified atom stereocenters. The predicted octanol–water partition coefficient (Wildman–Crippen LogP) is 4.04. The summed E-state index contributed by atoms with van der Waals surface area (Å²) in [4.78, 5) is 0. The number of halogens is 4. The molecule has 4 nitrogen and oxygen atoms in total. The number of hydrogen-bond donors (Lipinski definition) is 0. The van der Waals surface area contributed by atoms with Crippen LogP contribution in [0, 0.1) is 45.3 Å². The number of nitrogens with zero attached hydrogens (tertiary/aromatic N) is 4. The van der Waals surface area contributed by atoms with Gasteiger partial charge in [0, 0.05) is 26.2 Å². The summed E-state index contributed by atoms with van der Waals surface area (Å²) in [7, 11) is -6.25. The van der Waals surface area contributed by atoms with Crippen LogP contribution in [0.3, 0.4) is 0 Å². The molecule has 0 aromatic heterocycles. The summed E-state index contributed by atoms with van der Waals surface area (Å²) < 4.78 is 39.0. The van der Waals surface area contributed by atoms with E-state index in [1.165, 1.54) is 6.92 Å². The average molecular weight is 385 g/mol. The SMILES string of the molecule is CC#N.F[B-](F)(F)F.N#CCCP(CCC#N)CCC#N.[Cu+]. The fraction of sp³-hybridized carbons (Fsp3) is 0.636. The first-order valence-corrected chi connectivity index (χ1v) is 7.67. The van der Waals surface area contributed by atoms with Crippen LogP contribution in [0.1, 0.15) is 26.2 Å². The van der Waals surface area contributed by atoms with E-state index in [2.05, 4.69) is 18.2 Å². The third-order valence-electron chi connectivity index (χ3n) is 1.62. The van der Waals surface area contributed by atoms with Crippen LogP contribution in [-0.2, 0) is 17.1 Å². The van der Waals surface area contributed by atoms with Gasteiger partial charge in [-0.1, -0.05) is 0 Å². The van der Waals surface area contributed by atoms with E-state index in [9.17, 15) is 17.3 Å². The number of nitriles is 4. The quantitative estimate of drug-likeness (QED) is 0.392. The van der Waals surface area contributed by atoms with Gasteiger partial charge in [0.15, 0.2) is 0 Å². The summed E-state index contributed by atoms with van der Waals surface area (Å²) in [6.45, 7) is 1.43. The van der Waals surface area contributed by atoms with Gasteiger partial charge in [0.1, 0.15) is 0 Å². The van der Waals surface area contributed by atoms with Crippen molar-refractivity contribution in [1.82, 2.24) is 0 Å². The standard InChI is InChI=1S/C9H12N3P.C2H3N.BF4.Cu/c10-4-1-7-13(8-2-5-11)9-3-6-12;1-2-3;2-1(3,4)5;/h1-3,7-9H2;1H3;;/q;;-1;+1. The van der Waals surface area contributed by atoms with E-state index < -0.39 is 7.25 Å². The third kappa shape index (κ3) is 51.2. The zero-order valence-electron chi connectivity index (χ0n) is 11.9. The minimum absolute atomic E-state index is 0. The molecule has 0 aromatic carbocycles. The van der Waals surface area contributed by atoms with Crippen molar-refractivity contribution < 1.29 is 34.3 Å². The average Bonchev–Trinajstić information content (AvgIpc) is 2.37. The summed E-state index contributed by atoms with van der Waals surface area (Å²) in [5.74, 6) is 0. The van der Waals surface area contributed by atoms with E-state index in [1.807, 2.05) is 0 Å². The van der Waals surface area contributed by atoms with Crippen LogP contribution in [0.2, 0.25) is 0 Å². The molecule has 0 aliphatic rings. The molecule has 0 aliphatic carbocycles. The van der Waals surface area contributed by atoms with Gasteiger partial charge in [-0.25, -0.2) is 0 Å². The Bertz CT molecular complexity index is 360. The van der Waals surface area contributed by atoms with E-state index >= 15 is 0 Å². The molecule has 0 N–H and O–H groups in total. The summed E-state index contributed by atoms with van der Waals surface area (Å²) in [6, 6.07) is 8.05. The van der Waals surface area contributed by atoms with Crippen LogP contribution in [0.4, 0.5) is 17.3 Å². The van der Waals surface area contributed by atoms with Gasteiger partial charge in [0.25, 0.3) is 0 Å². The van der Waals surface area contributed by atoms with Crippen molar-refractivity contribution in [3.8, 4) is 24.3 Å². The Kier molecular flexibility index (Phi) is 28.8. The molecule has 0 aliphatic heterocycles. The Morgan fingerprint density at radius 2 is 0.955 bits per heavy atom. The van der Waals surface area contributed by atoms with Gasteiger partial charge in [0.2, 0.25) is 0 Å². The van der Waals surface area contributed by atoms with Gasteiger partial charge in [-0.2, -0.15) is 21.0 Å². The minimum Gasteiger partial charge on any atom is -0.418 e. The summed E-state index contributed by atoms with van der Waals surface area (Å²) in [6.07, 6.45) is 4.33. The van der Waals surface area contributed by atoms with E-state index in [-0.39, 0.29) is 25.0 Å². The molecule has 0 spiro atoms. The Labute approximate surface area is 140 Å². The van der Waals surface area contributed by atoms with Crippen molar-refractivity contribution >= 4 is 15.2 Å². The molecular formula is C11H15BCuF4N4P. The molecule has 0 amide bonds. The van der Waals surface area contributed by atoms with Crippen molar-refractivity contribution in [2.75, 3.05) is 18.5 Å². The van der Waals surface area contributed by atoms with Crippen molar-refractivity contribution in [2.45, 2.75) is 26.2 Å². The first kappa shape index (κ1) is 28.8. The van der Waals surface area contributed by atoms with E-state index in [1.54, 1.807) is 6.07 Å². The summed E-state index contributed by atoms with van der Waals surface area (Å²) in [5, 5.41) is 32.5. The van der Waals surface area contributed by atoms with Crippen LogP contribution in [0.15, 0.2) is 0 Å². The smallest absolute Gasteiger partial charge is 0.418 e. The predicted molar refractivity (Wildman–Crippen MR) is 73.7 cm³/mol. The zero-order valence-corrected chi connectivity index (χ0v) is 13.7. The normalized spacial score (nSPS) is 8.27. The van der Waals surface area contributed by atoms with Gasteiger partial charge < -0.3 is 17.3 Å². The van der Waals surface area contributed by atoms with E-state index in [0.29, 0.717) is 19.3 Å². The topological polar surface area (TPSA) is 95.2 Å². The first-order chi connectivity index (χ1) is 9.76. The Morgan fingerprint density at radius 1 is 0.773 bits per heavy atom. The second-order valence-electron chi connectivity index (χ2n) is 3.28. The largest absolute Gasteiger partial charge is 1.00 e. The van der Waals surface area contributed by atoms with Gasteiger partial charge in [0.05, 0.1) is 24.3 Å². The van der Waals surface area contributed by atoms with Crippen LogP contribution < -0.4 is 0 Å². The Hall–Kier alpha value is -1.31. The van der Waals surface area contributed by atoms with Crippen molar-refractivity contribution in [2.24, 2.45) is 0 Å². The maximum atomic E-state index is 9.75. The Balaban J connectivity index is -0.000000151. The maximum Gasteiger partial charge on any atom is 1.00 e. The van der Waals surface area contributed by atoms with Crippen molar-refractivity contribution in [3.05, 3.63) is 0 Å². The third-order valence-corrected chi connectivity index (χ3v) is 4.19. The molecule has 0 atom stereocenters. The first-order valence-electron chi connectivity index (χ1n) is 5.78. The van der Waals surface area contributed by atoms with E-state index in [4.69, 9.17) is 21.0 Å². The molecule has 126 valence electrons. The molecule has 0 aromatic rings. The van der Waals surface area contributed by atoms with Crippen LogP contribution >= 0.6 is 7.92 Å². The monoisotopic (exact) mass is 384 g/mol. The minimum atomic E-state index is -6.00. The zero-order chi connectivity index (χ0) is 17.1. The van der Waals surface area contributed by atoms with Gasteiger partial charge in [-0.15, -0.1) is 7.92 Å². The van der Waals surface area contributed by atoms with Gasteiger partial charge >= 0.3 is 24.3 Å². The van der Waals surface area contributed by atoms with Crippen LogP contribution in [0.5, 0.6) is 0 Å². The molecule has 0 bridgehead atoms. The van der Waals surface area contributed by atoms with Crippen molar-refractivity contribution in [3.63, 3.8) is 0 Å². The maximum absolute atomic E-state index is 9.75. The van der Waals surface area contributed by atoms with Gasteiger partial charge in [-0.05, 0) is 18.5 Å². The fourth-order valence-electron chi connectivity index (χ4n) is 0.960.